The number of hydrogen-bond acceptors (Lipinski definition) is 2. The highest BCUT2D eigenvalue weighted by atomic mass is 79.9. The lowest BCUT2D eigenvalue weighted by atomic mass is 9.98. The Balaban J connectivity index is 2.52. The maximum Gasteiger partial charge on any atom is 0.106 e. The molecular weight excluding hydrogens is 268 g/mol. The summed E-state index contributed by atoms with van der Waals surface area (Å²) in [6, 6.07) is 13.6. The molecule has 2 N–H and O–H groups in total. The Bertz CT molecular complexity index is 479. The molecule has 0 heterocycles. The molecule has 0 amide bonds. The summed E-state index contributed by atoms with van der Waals surface area (Å²) >= 11 is 3.17. The highest BCUT2D eigenvalue weighted by Gasteiger charge is 2.18. The van der Waals surface area contributed by atoms with E-state index in [0.717, 1.165) is 16.3 Å². The van der Waals surface area contributed by atoms with Crippen molar-refractivity contribution in [3.8, 4) is 0 Å². The van der Waals surface area contributed by atoms with E-state index < -0.39 is 12.2 Å². The molecule has 2 aromatic rings. The van der Waals surface area contributed by atoms with Crippen LogP contribution >= 0.6 is 15.9 Å². The van der Waals surface area contributed by atoms with E-state index in [1.165, 1.54) is 0 Å². The first kappa shape index (κ1) is 11.6. The third-order valence-corrected chi connectivity index (χ3v) is 3.33. The molecule has 2 rings (SSSR count). The Kier molecular flexibility index (Phi) is 3.59. The maximum atomic E-state index is 10.0. The summed E-state index contributed by atoms with van der Waals surface area (Å²) in [5.41, 5.74) is 0.769. The van der Waals surface area contributed by atoms with Gasteiger partial charge in [0.1, 0.15) is 6.10 Å². The molecule has 0 aliphatic carbocycles. The van der Waals surface area contributed by atoms with Crippen LogP contribution in [0.3, 0.4) is 0 Å². The molecule has 0 saturated heterocycles. The minimum atomic E-state index is -0.856. The number of aliphatic hydroxyl groups is 2. The van der Waals surface area contributed by atoms with Gasteiger partial charge in [0.25, 0.3) is 0 Å². The molecule has 0 spiro atoms. The van der Waals surface area contributed by atoms with Gasteiger partial charge in [0.2, 0.25) is 0 Å². The van der Waals surface area contributed by atoms with Gasteiger partial charge in [-0.3, -0.25) is 0 Å². The van der Waals surface area contributed by atoms with Gasteiger partial charge in [0, 0.05) is 5.33 Å². The monoisotopic (exact) mass is 280 g/mol. The van der Waals surface area contributed by atoms with Crippen molar-refractivity contribution in [3.63, 3.8) is 0 Å². The van der Waals surface area contributed by atoms with Gasteiger partial charge in [-0.15, -0.1) is 0 Å². The summed E-state index contributed by atoms with van der Waals surface area (Å²) in [6.45, 7) is 0. The fourth-order valence-electron chi connectivity index (χ4n) is 1.80. The van der Waals surface area contributed by atoms with Gasteiger partial charge >= 0.3 is 0 Å². The average Bonchev–Trinajstić information content (AvgIpc) is 2.36. The smallest absolute Gasteiger partial charge is 0.106 e. The van der Waals surface area contributed by atoms with Crippen LogP contribution in [0, 0.1) is 0 Å². The molecule has 16 heavy (non-hydrogen) atoms. The SMILES string of the molecule is OC(CBr)C(O)c1cccc2ccccc12. The minimum Gasteiger partial charge on any atom is -0.389 e. The number of hydrogen-bond donors (Lipinski definition) is 2. The number of halogens is 1. The fourth-order valence-corrected chi connectivity index (χ4v) is 2.15. The summed E-state index contributed by atoms with van der Waals surface area (Å²) in [7, 11) is 0. The number of aliphatic hydroxyl groups excluding tert-OH is 2. The topological polar surface area (TPSA) is 40.5 Å². The third kappa shape index (κ3) is 2.12. The normalized spacial score (nSPS) is 14.9. The second kappa shape index (κ2) is 4.95. The van der Waals surface area contributed by atoms with E-state index in [9.17, 15) is 10.2 Å². The Morgan fingerprint density at radius 2 is 1.69 bits per heavy atom. The molecular formula is C13H13BrO2. The van der Waals surface area contributed by atoms with E-state index in [0.29, 0.717) is 5.33 Å². The Morgan fingerprint density at radius 3 is 2.44 bits per heavy atom. The lowest BCUT2D eigenvalue weighted by Crippen LogP contribution is -2.19. The highest BCUT2D eigenvalue weighted by molar-refractivity contribution is 9.09. The van der Waals surface area contributed by atoms with Crippen molar-refractivity contribution < 1.29 is 10.2 Å². The van der Waals surface area contributed by atoms with Crippen LogP contribution in [-0.2, 0) is 0 Å². The van der Waals surface area contributed by atoms with Crippen molar-refractivity contribution in [1.82, 2.24) is 0 Å². The van der Waals surface area contributed by atoms with Crippen LogP contribution in [0.1, 0.15) is 11.7 Å². The quantitative estimate of drug-likeness (QED) is 0.849. The summed E-state index contributed by atoms with van der Waals surface area (Å²) in [5.74, 6) is 0. The highest BCUT2D eigenvalue weighted by Crippen LogP contribution is 2.26. The summed E-state index contributed by atoms with van der Waals surface area (Å²) in [6.07, 6.45) is -1.64. The predicted molar refractivity (Wildman–Crippen MR) is 68.7 cm³/mol. The van der Waals surface area contributed by atoms with E-state index in [4.69, 9.17) is 0 Å². The first-order valence-electron chi connectivity index (χ1n) is 5.14. The summed E-state index contributed by atoms with van der Waals surface area (Å²) < 4.78 is 0. The second-order valence-electron chi connectivity index (χ2n) is 3.73. The van der Waals surface area contributed by atoms with Crippen LogP contribution in [0.5, 0.6) is 0 Å². The molecule has 0 saturated carbocycles. The van der Waals surface area contributed by atoms with Gasteiger partial charge in [-0.25, -0.2) is 0 Å². The van der Waals surface area contributed by atoms with E-state index >= 15 is 0 Å². The van der Waals surface area contributed by atoms with Crippen LogP contribution in [-0.4, -0.2) is 21.6 Å². The standard InChI is InChI=1S/C13H13BrO2/c14-8-12(15)13(16)11-7-3-5-9-4-1-2-6-10(9)11/h1-7,12-13,15-16H,8H2. The molecule has 2 atom stereocenters. The molecule has 0 aliphatic rings. The van der Waals surface area contributed by atoms with Gasteiger partial charge in [-0.1, -0.05) is 58.4 Å². The molecule has 0 aliphatic heterocycles. The van der Waals surface area contributed by atoms with Crippen LogP contribution in [0.4, 0.5) is 0 Å². The Morgan fingerprint density at radius 1 is 1.00 bits per heavy atom. The Labute approximate surface area is 103 Å². The van der Waals surface area contributed by atoms with E-state index in [1.54, 1.807) is 0 Å². The van der Waals surface area contributed by atoms with Crippen molar-refractivity contribution in [2.24, 2.45) is 0 Å². The van der Waals surface area contributed by atoms with Gasteiger partial charge < -0.3 is 10.2 Å². The van der Waals surface area contributed by atoms with Gasteiger partial charge in [-0.05, 0) is 16.3 Å². The Hall–Kier alpha value is -0.900. The maximum absolute atomic E-state index is 10.0. The molecule has 0 aromatic heterocycles. The van der Waals surface area contributed by atoms with Gasteiger partial charge in [0.05, 0.1) is 6.10 Å². The van der Waals surface area contributed by atoms with Crippen molar-refractivity contribution in [3.05, 3.63) is 48.0 Å². The van der Waals surface area contributed by atoms with Crippen LogP contribution in [0.2, 0.25) is 0 Å². The first-order valence-corrected chi connectivity index (χ1v) is 6.26. The number of benzene rings is 2. The molecule has 84 valence electrons. The van der Waals surface area contributed by atoms with Crippen LogP contribution in [0.25, 0.3) is 10.8 Å². The van der Waals surface area contributed by atoms with E-state index in [2.05, 4.69) is 15.9 Å². The average molecular weight is 281 g/mol. The fraction of sp³-hybridized carbons (Fsp3) is 0.231. The largest absolute Gasteiger partial charge is 0.389 e. The molecule has 0 fully saturated rings. The zero-order valence-electron chi connectivity index (χ0n) is 8.68. The van der Waals surface area contributed by atoms with Gasteiger partial charge in [0.15, 0.2) is 0 Å². The number of rotatable bonds is 3. The molecule has 2 nitrogen and oxygen atoms in total. The minimum absolute atomic E-state index is 0.359. The predicted octanol–water partition coefficient (Wildman–Crippen LogP) is 2.63. The van der Waals surface area contributed by atoms with Crippen LogP contribution < -0.4 is 0 Å². The van der Waals surface area contributed by atoms with Crippen molar-refractivity contribution >= 4 is 26.7 Å². The lowest BCUT2D eigenvalue weighted by Gasteiger charge is -2.17. The number of alkyl halides is 1. The van der Waals surface area contributed by atoms with E-state index in [-0.39, 0.29) is 0 Å². The van der Waals surface area contributed by atoms with E-state index in [1.807, 2.05) is 42.5 Å². The zero-order chi connectivity index (χ0) is 11.5. The second-order valence-corrected chi connectivity index (χ2v) is 4.38. The molecule has 0 radical (unpaired) electrons. The van der Waals surface area contributed by atoms with Crippen molar-refractivity contribution in [2.45, 2.75) is 12.2 Å². The molecule has 2 aromatic carbocycles. The molecule has 0 bridgehead atoms. The van der Waals surface area contributed by atoms with Crippen LogP contribution in [0.15, 0.2) is 42.5 Å². The van der Waals surface area contributed by atoms with Crippen molar-refractivity contribution in [2.75, 3.05) is 5.33 Å². The third-order valence-electron chi connectivity index (χ3n) is 2.66. The molecule has 3 heteroatoms. The first-order chi connectivity index (χ1) is 7.74. The molecule has 2 unspecified atom stereocenters. The van der Waals surface area contributed by atoms with Crippen molar-refractivity contribution in [1.29, 1.82) is 0 Å². The summed E-state index contributed by atoms with van der Waals surface area (Å²) in [5, 5.41) is 22.1. The van der Waals surface area contributed by atoms with Gasteiger partial charge in [-0.2, -0.15) is 0 Å². The lowest BCUT2D eigenvalue weighted by molar-refractivity contribution is 0.0352. The zero-order valence-corrected chi connectivity index (χ0v) is 10.3. The summed E-state index contributed by atoms with van der Waals surface area (Å²) in [4.78, 5) is 0. The number of fused-ring (bicyclic) bond motifs is 1.